The van der Waals surface area contributed by atoms with Gasteiger partial charge in [-0.05, 0) is 39.4 Å². The largest absolute Gasteiger partial charge is 0.367 e. The first-order chi connectivity index (χ1) is 9.02. The number of nitrogens with zero attached hydrogens (tertiary/aromatic N) is 3. The molecule has 0 spiro atoms. The lowest BCUT2D eigenvalue weighted by Crippen LogP contribution is -2.55. The molecule has 1 aromatic rings. The highest BCUT2D eigenvalue weighted by Crippen LogP contribution is 2.22. The summed E-state index contributed by atoms with van der Waals surface area (Å²) in [5, 5.41) is 0. The van der Waals surface area contributed by atoms with Gasteiger partial charge in [-0.3, -0.25) is 9.88 Å². The number of anilines is 1. The van der Waals surface area contributed by atoms with Crippen molar-refractivity contribution in [1.82, 2.24) is 9.88 Å². The van der Waals surface area contributed by atoms with Crippen molar-refractivity contribution < 1.29 is 0 Å². The van der Waals surface area contributed by atoms with Crippen LogP contribution in [-0.4, -0.2) is 42.1 Å². The highest BCUT2D eigenvalue weighted by Gasteiger charge is 2.26. The van der Waals surface area contributed by atoms with E-state index in [1.165, 1.54) is 5.69 Å². The molecule has 1 aromatic heterocycles. The Labute approximate surface area is 116 Å². The summed E-state index contributed by atoms with van der Waals surface area (Å²) in [5.74, 6) is 0. The lowest BCUT2D eigenvalue weighted by atomic mass is 10.1. The number of rotatable bonds is 3. The number of piperazine rings is 1. The van der Waals surface area contributed by atoms with Crippen LogP contribution in [0.15, 0.2) is 18.3 Å². The van der Waals surface area contributed by atoms with Gasteiger partial charge in [0.25, 0.3) is 0 Å². The van der Waals surface area contributed by atoms with Crippen LogP contribution in [0.1, 0.15) is 38.9 Å². The third-order valence-electron chi connectivity index (χ3n) is 4.32. The van der Waals surface area contributed by atoms with Crippen LogP contribution in [0.3, 0.4) is 0 Å². The average Bonchev–Trinajstić information content (AvgIpc) is 2.43. The molecule has 106 valence electrons. The molecule has 4 nitrogen and oxygen atoms in total. The lowest BCUT2D eigenvalue weighted by molar-refractivity contribution is 0.170. The van der Waals surface area contributed by atoms with E-state index in [1.54, 1.807) is 0 Å². The van der Waals surface area contributed by atoms with Gasteiger partial charge in [0.1, 0.15) is 0 Å². The Balaban J connectivity index is 2.10. The molecular formula is C15H26N4. The van der Waals surface area contributed by atoms with Crippen LogP contribution < -0.4 is 10.6 Å². The van der Waals surface area contributed by atoms with Crippen molar-refractivity contribution in [2.24, 2.45) is 5.73 Å². The Kier molecular flexibility index (Phi) is 4.42. The van der Waals surface area contributed by atoms with Crippen LogP contribution in [0, 0.1) is 0 Å². The van der Waals surface area contributed by atoms with Crippen molar-refractivity contribution in [2.75, 3.05) is 25.0 Å². The molecule has 1 fully saturated rings. The Hall–Kier alpha value is -1.13. The summed E-state index contributed by atoms with van der Waals surface area (Å²) in [4.78, 5) is 9.37. The summed E-state index contributed by atoms with van der Waals surface area (Å²) in [6.07, 6.45) is 2.89. The fourth-order valence-electron chi connectivity index (χ4n) is 2.63. The molecule has 3 atom stereocenters. The second-order valence-corrected chi connectivity index (χ2v) is 5.72. The molecule has 0 aromatic carbocycles. The molecule has 0 bridgehead atoms. The van der Waals surface area contributed by atoms with E-state index in [4.69, 9.17) is 5.73 Å². The summed E-state index contributed by atoms with van der Waals surface area (Å²) < 4.78 is 0. The maximum absolute atomic E-state index is 6.00. The number of hydrogen-bond donors (Lipinski definition) is 1. The minimum absolute atomic E-state index is 0.0550. The van der Waals surface area contributed by atoms with Crippen molar-refractivity contribution >= 4 is 5.69 Å². The Bertz CT molecular complexity index is 391. The number of likely N-dealkylation sites (N-methyl/N-ethyl adjacent to an activating group) is 1. The fourth-order valence-corrected chi connectivity index (χ4v) is 2.63. The molecule has 0 radical (unpaired) electrons. The Morgan fingerprint density at radius 1 is 1.32 bits per heavy atom. The third kappa shape index (κ3) is 3.07. The summed E-state index contributed by atoms with van der Waals surface area (Å²) in [5.41, 5.74) is 8.20. The number of nitrogens with two attached hydrogens (primary N) is 1. The number of pyridine rings is 1. The zero-order chi connectivity index (χ0) is 14.0. The minimum atomic E-state index is 0.0550. The molecule has 1 aliphatic rings. The van der Waals surface area contributed by atoms with Gasteiger partial charge in [0, 0.05) is 31.2 Å². The zero-order valence-corrected chi connectivity index (χ0v) is 12.5. The van der Waals surface area contributed by atoms with E-state index in [9.17, 15) is 0 Å². The van der Waals surface area contributed by atoms with Crippen LogP contribution in [0.2, 0.25) is 0 Å². The summed E-state index contributed by atoms with van der Waals surface area (Å²) in [6.45, 7) is 8.75. The number of aromatic nitrogens is 1. The molecular weight excluding hydrogens is 236 g/mol. The van der Waals surface area contributed by atoms with Crippen LogP contribution in [0.5, 0.6) is 0 Å². The molecule has 0 saturated carbocycles. The van der Waals surface area contributed by atoms with Gasteiger partial charge in [0.15, 0.2) is 0 Å². The maximum atomic E-state index is 6.00. The zero-order valence-electron chi connectivity index (χ0n) is 12.5. The molecule has 19 heavy (non-hydrogen) atoms. The van der Waals surface area contributed by atoms with Crippen molar-refractivity contribution in [3.63, 3.8) is 0 Å². The summed E-state index contributed by atoms with van der Waals surface area (Å²) in [6, 6.07) is 5.42. The first kappa shape index (κ1) is 14.3. The van der Waals surface area contributed by atoms with E-state index in [0.717, 1.165) is 25.2 Å². The van der Waals surface area contributed by atoms with Gasteiger partial charge in [0.2, 0.25) is 0 Å². The highest BCUT2D eigenvalue weighted by atomic mass is 15.3. The van der Waals surface area contributed by atoms with Gasteiger partial charge in [-0.15, -0.1) is 0 Å². The maximum Gasteiger partial charge on any atom is 0.0572 e. The smallest absolute Gasteiger partial charge is 0.0572 e. The minimum Gasteiger partial charge on any atom is -0.367 e. The highest BCUT2D eigenvalue weighted by molar-refractivity contribution is 5.45. The predicted octanol–water partition coefficient (Wildman–Crippen LogP) is 2.02. The normalized spacial score (nSPS) is 26.5. The molecule has 1 saturated heterocycles. The predicted molar refractivity (Wildman–Crippen MR) is 80.4 cm³/mol. The van der Waals surface area contributed by atoms with E-state index in [0.29, 0.717) is 12.1 Å². The fraction of sp³-hybridized carbons (Fsp3) is 0.667. The molecule has 2 heterocycles. The Morgan fingerprint density at radius 3 is 2.42 bits per heavy atom. The van der Waals surface area contributed by atoms with Gasteiger partial charge in [0.05, 0.1) is 17.6 Å². The average molecular weight is 262 g/mol. The molecule has 2 unspecified atom stereocenters. The molecule has 0 aliphatic carbocycles. The monoisotopic (exact) mass is 262 g/mol. The van der Waals surface area contributed by atoms with Crippen molar-refractivity contribution in [3.8, 4) is 0 Å². The van der Waals surface area contributed by atoms with Gasteiger partial charge in [-0.1, -0.05) is 6.92 Å². The second kappa shape index (κ2) is 5.88. The van der Waals surface area contributed by atoms with Gasteiger partial charge >= 0.3 is 0 Å². The van der Waals surface area contributed by atoms with Gasteiger partial charge in [-0.2, -0.15) is 0 Å². The summed E-state index contributed by atoms with van der Waals surface area (Å²) in [7, 11) is 2.20. The standard InChI is InChI=1S/C15H26N4/c1-5-14(16)15-7-6-13(8-17-15)19-9-11(2)18(4)12(3)10-19/h6-8,11-12,14H,5,9-10,16H2,1-4H3/t11?,12?,14-/m0/s1. The van der Waals surface area contributed by atoms with Crippen LogP contribution >= 0.6 is 0 Å². The first-order valence-electron chi connectivity index (χ1n) is 7.21. The SMILES string of the molecule is CC[C@H](N)c1ccc(N2CC(C)N(C)C(C)C2)cn1. The van der Waals surface area contributed by atoms with E-state index >= 15 is 0 Å². The second-order valence-electron chi connectivity index (χ2n) is 5.72. The van der Waals surface area contributed by atoms with E-state index < -0.39 is 0 Å². The quantitative estimate of drug-likeness (QED) is 0.905. The number of hydrogen-bond acceptors (Lipinski definition) is 4. The topological polar surface area (TPSA) is 45.4 Å². The third-order valence-corrected chi connectivity index (χ3v) is 4.32. The molecule has 1 aliphatic heterocycles. The van der Waals surface area contributed by atoms with Gasteiger partial charge < -0.3 is 10.6 Å². The van der Waals surface area contributed by atoms with Crippen LogP contribution in [0.4, 0.5) is 5.69 Å². The molecule has 4 heteroatoms. The lowest BCUT2D eigenvalue weighted by Gasteiger charge is -2.43. The van der Waals surface area contributed by atoms with Crippen LogP contribution in [0.25, 0.3) is 0 Å². The molecule has 2 N–H and O–H groups in total. The van der Waals surface area contributed by atoms with Crippen molar-refractivity contribution in [3.05, 3.63) is 24.0 Å². The van der Waals surface area contributed by atoms with Crippen molar-refractivity contribution in [2.45, 2.75) is 45.3 Å². The molecule has 0 amide bonds. The van der Waals surface area contributed by atoms with Crippen molar-refractivity contribution in [1.29, 1.82) is 0 Å². The summed E-state index contributed by atoms with van der Waals surface area (Å²) >= 11 is 0. The van der Waals surface area contributed by atoms with E-state index in [2.05, 4.69) is 54.7 Å². The molecule has 2 rings (SSSR count). The van der Waals surface area contributed by atoms with E-state index in [-0.39, 0.29) is 6.04 Å². The van der Waals surface area contributed by atoms with Gasteiger partial charge in [-0.25, -0.2) is 0 Å². The van der Waals surface area contributed by atoms with E-state index in [1.807, 2.05) is 6.20 Å². The first-order valence-corrected chi connectivity index (χ1v) is 7.21. The Morgan fingerprint density at radius 2 is 1.95 bits per heavy atom. The van der Waals surface area contributed by atoms with Crippen LogP contribution in [-0.2, 0) is 0 Å².